The molecule has 0 saturated heterocycles. The predicted molar refractivity (Wildman–Crippen MR) is 76.5 cm³/mol. The van der Waals surface area contributed by atoms with E-state index in [1.54, 1.807) is 0 Å². The van der Waals surface area contributed by atoms with Gasteiger partial charge in [-0.3, -0.25) is 4.90 Å². The molecule has 1 N–H and O–H groups in total. The van der Waals surface area contributed by atoms with Crippen molar-refractivity contribution in [2.75, 3.05) is 13.6 Å². The van der Waals surface area contributed by atoms with Crippen molar-refractivity contribution in [2.24, 2.45) is 0 Å². The minimum atomic E-state index is 0.676. The highest BCUT2D eigenvalue weighted by molar-refractivity contribution is 4.86. The molecule has 0 spiro atoms. The first kappa shape index (κ1) is 15.0. The minimum absolute atomic E-state index is 0.676. The smallest absolute Gasteiger partial charge is 0.0251 e. The molecule has 2 nitrogen and oxygen atoms in total. The van der Waals surface area contributed by atoms with Crippen LogP contribution in [-0.4, -0.2) is 36.6 Å². The summed E-state index contributed by atoms with van der Waals surface area (Å²) >= 11 is 0. The standard InChI is InChI=1S/C15H32N2/c1-5-12-17(13(2)3)15-11-9-7-6-8-10-14(15)16-4/h13-16H,5-12H2,1-4H3. The van der Waals surface area contributed by atoms with E-state index in [1.165, 1.54) is 51.5 Å². The van der Waals surface area contributed by atoms with Crippen molar-refractivity contribution in [1.82, 2.24) is 10.2 Å². The minimum Gasteiger partial charge on any atom is -0.315 e. The Bertz CT molecular complexity index is 191. The molecule has 1 rings (SSSR count). The van der Waals surface area contributed by atoms with Gasteiger partial charge in [0.05, 0.1) is 0 Å². The number of hydrogen-bond acceptors (Lipinski definition) is 2. The van der Waals surface area contributed by atoms with Crippen molar-refractivity contribution in [3.05, 3.63) is 0 Å². The Labute approximate surface area is 108 Å². The number of rotatable bonds is 5. The quantitative estimate of drug-likeness (QED) is 0.792. The maximum atomic E-state index is 3.57. The lowest BCUT2D eigenvalue weighted by Crippen LogP contribution is -2.52. The van der Waals surface area contributed by atoms with E-state index in [0.717, 1.165) is 6.04 Å². The second-order valence-corrected chi connectivity index (χ2v) is 5.79. The lowest BCUT2D eigenvalue weighted by atomic mass is 9.90. The van der Waals surface area contributed by atoms with Crippen molar-refractivity contribution in [2.45, 2.75) is 83.8 Å². The Morgan fingerprint density at radius 3 is 2.29 bits per heavy atom. The lowest BCUT2D eigenvalue weighted by molar-refractivity contribution is 0.104. The van der Waals surface area contributed by atoms with E-state index in [0.29, 0.717) is 12.1 Å². The first-order valence-corrected chi connectivity index (χ1v) is 7.63. The van der Waals surface area contributed by atoms with Gasteiger partial charge in [0.1, 0.15) is 0 Å². The van der Waals surface area contributed by atoms with Crippen LogP contribution in [0.3, 0.4) is 0 Å². The van der Waals surface area contributed by atoms with Crippen molar-refractivity contribution < 1.29 is 0 Å². The molecule has 0 aromatic rings. The van der Waals surface area contributed by atoms with Crippen LogP contribution in [0.25, 0.3) is 0 Å². The normalized spacial score (nSPS) is 27.2. The summed E-state index contributed by atoms with van der Waals surface area (Å²) in [5.41, 5.74) is 0. The van der Waals surface area contributed by atoms with Crippen LogP contribution in [-0.2, 0) is 0 Å². The second kappa shape index (κ2) is 8.10. The zero-order valence-electron chi connectivity index (χ0n) is 12.3. The molecule has 0 aromatic heterocycles. The highest BCUT2D eigenvalue weighted by Crippen LogP contribution is 2.23. The molecule has 1 fully saturated rings. The van der Waals surface area contributed by atoms with E-state index in [4.69, 9.17) is 0 Å². The maximum Gasteiger partial charge on any atom is 0.0251 e. The average molecular weight is 240 g/mol. The second-order valence-electron chi connectivity index (χ2n) is 5.79. The summed E-state index contributed by atoms with van der Waals surface area (Å²) in [5.74, 6) is 0. The molecule has 0 amide bonds. The summed E-state index contributed by atoms with van der Waals surface area (Å²) in [7, 11) is 2.14. The van der Waals surface area contributed by atoms with Gasteiger partial charge < -0.3 is 5.32 Å². The highest BCUT2D eigenvalue weighted by Gasteiger charge is 2.28. The van der Waals surface area contributed by atoms with Crippen LogP contribution in [0.15, 0.2) is 0 Å². The molecular formula is C15H32N2. The topological polar surface area (TPSA) is 15.3 Å². The van der Waals surface area contributed by atoms with E-state index < -0.39 is 0 Å². The van der Waals surface area contributed by atoms with Gasteiger partial charge in [0.15, 0.2) is 0 Å². The average Bonchev–Trinajstić information content (AvgIpc) is 2.27. The van der Waals surface area contributed by atoms with Gasteiger partial charge in [0, 0.05) is 18.1 Å². The van der Waals surface area contributed by atoms with Crippen molar-refractivity contribution in [1.29, 1.82) is 0 Å². The Morgan fingerprint density at radius 2 is 1.76 bits per heavy atom. The molecule has 0 bridgehead atoms. The third kappa shape index (κ3) is 4.59. The van der Waals surface area contributed by atoms with Crippen molar-refractivity contribution >= 4 is 0 Å². The van der Waals surface area contributed by atoms with E-state index in [-0.39, 0.29) is 0 Å². The monoisotopic (exact) mass is 240 g/mol. The van der Waals surface area contributed by atoms with E-state index >= 15 is 0 Å². The number of nitrogens with zero attached hydrogens (tertiary/aromatic N) is 1. The van der Waals surface area contributed by atoms with Gasteiger partial charge in [-0.15, -0.1) is 0 Å². The number of likely N-dealkylation sites (N-methyl/N-ethyl adjacent to an activating group) is 1. The predicted octanol–water partition coefficient (Wildman–Crippen LogP) is 3.42. The summed E-state index contributed by atoms with van der Waals surface area (Å²) in [6.07, 6.45) is 9.68. The van der Waals surface area contributed by atoms with Gasteiger partial charge in [0.25, 0.3) is 0 Å². The zero-order chi connectivity index (χ0) is 12.7. The van der Waals surface area contributed by atoms with Crippen LogP contribution in [0.5, 0.6) is 0 Å². The fourth-order valence-corrected chi connectivity index (χ4v) is 3.26. The Hall–Kier alpha value is -0.0800. The van der Waals surface area contributed by atoms with Gasteiger partial charge in [-0.1, -0.05) is 32.6 Å². The fraction of sp³-hybridized carbons (Fsp3) is 1.00. The fourth-order valence-electron chi connectivity index (χ4n) is 3.26. The van der Waals surface area contributed by atoms with Gasteiger partial charge in [-0.25, -0.2) is 0 Å². The Balaban J connectivity index is 2.70. The number of nitrogens with one attached hydrogen (secondary N) is 1. The highest BCUT2D eigenvalue weighted by atomic mass is 15.2. The Morgan fingerprint density at radius 1 is 1.12 bits per heavy atom. The number of hydrogen-bond donors (Lipinski definition) is 1. The molecule has 1 saturated carbocycles. The van der Waals surface area contributed by atoms with Crippen LogP contribution in [0.4, 0.5) is 0 Å². The summed E-state index contributed by atoms with van der Waals surface area (Å²) in [6, 6.07) is 2.12. The van der Waals surface area contributed by atoms with Crippen LogP contribution in [0.2, 0.25) is 0 Å². The van der Waals surface area contributed by atoms with Crippen LogP contribution in [0, 0.1) is 0 Å². The summed E-state index contributed by atoms with van der Waals surface area (Å²) in [4.78, 5) is 2.73. The first-order valence-electron chi connectivity index (χ1n) is 7.63. The molecule has 1 aliphatic rings. The molecule has 2 heteroatoms. The van der Waals surface area contributed by atoms with Gasteiger partial charge in [0.2, 0.25) is 0 Å². The molecule has 102 valence electrons. The molecule has 2 unspecified atom stereocenters. The third-order valence-corrected chi connectivity index (χ3v) is 4.17. The molecule has 0 heterocycles. The molecule has 17 heavy (non-hydrogen) atoms. The lowest BCUT2D eigenvalue weighted by Gasteiger charge is -2.40. The molecule has 0 aliphatic heterocycles. The van der Waals surface area contributed by atoms with E-state index in [9.17, 15) is 0 Å². The summed E-state index contributed by atoms with van der Waals surface area (Å²) in [6.45, 7) is 8.25. The summed E-state index contributed by atoms with van der Waals surface area (Å²) in [5, 5.41) is 3.57. The molecule has 2 atom stereocenters. The molecule has 1 aliphatic carbocycles. The van der Waals surface area contributed by atoms with Gasteiger partial charge >= 0.3 is 0 Å². The Kier molecular flexibility index (Phi) is 7.14. The maximum absolute atomic E-state index is 3.57. The van der Waals surface area contributed by atoms with Gasteiger partial charge in [-0.2, -0.15) is 0 Å². The molecule has 0 radical (unpaired) electrons. The van der Waals surface area contributed by atoms with Gasteiger partial charge in [-0.05, 0) is 46.7 Å². The van der Waals surface area contributed by atoms with Crippen LogP contribution < -0.4 is 5.32 Å². The van der Waals surface area contributed by atoms with E-state index in [1.807, 2.05) is 0 Å². The molecule has 0 aromatic carbocycles. The third-order valence-electron chi connectivity index (χ3n) is 4.17. The van der Waals surface area contributed by atoms with Crippen LogP contribution >= 0.6 is 0 Å². The van der Waals surface area contributed by atoms with Crippen molar-refractivity contribution in [3.63, 3.8) is 0 Å². The van der Waals surface area contributed by atoms with Crippen LogP contribution in [0.1, 0.15) is 65.7 Å². The SMILES string of the molecule is CCCN(C(C)C)C1CCCCCCC1NC. The molecular weight excluding hydrogens is 208 g/mol. The largest absolute Gasteiger partial charge is 0.315 e. The summed E-state index contributed by atoms with van der Waals surface area (Å²) < 4.78 is 0. The first-order chi connectivity index (χ1) is 8.20. The zero-order valence-corrected chi connectivity index (χ0v) is 12.3. The van der Waals surface area contributed by atoms with Crippen molar-refractivity contribution in [3.8, 4) is 0 Å². The van der Waals surface area contributed by atoms with E-state index in [2.05, 4.69) is 38.0 Å².